The number of carbonyl (C=O) groups excluding carboxylic acids is 1. The summed E-state index contributed by atoms with van der Waals surface area (Å²) in [5, 5.41) is 9.62. The quantitative estimate of drug-likeness (QED) is 0.841. The number of anilines is 1. The number of hydrogen-bond donors (Lipinski definition) is 2. The van der Waals surface area contributed by atoms with Crippen LogP contribution in [0, 0.1) is 5.92 Å². The van der Waals surface area contributed by atoms with E-state index in [2.05, 4.69) is 15.7 Å². The molecule has 1 aliphatic rings. The zero-order valence-corrected chi connectivity index (χ0v) is 10.3. The zero-order valence-electron chi connectivity index (χ0n) is 10.3. The van der Waals surface area contributed by atoms with Gasteiger partial charge in [-0.05, 0) is 12.3 Å². The molecule has 2 rings (SSSR count). The van der Waals surface area contributed by atoms with Crippen LogP contribution < -0.4 is 10.6 Å². The van der Waals surface area contributed by atoms with Crippen LogP contribution in [0.5, 0.6) is 0 Å². The summed E-state index contributed by atoms with van der Waals surface area (Å²) < 4.78 is 1.66. The van der Waals surface area contributed by atoms with Gasteiger partial charge < -0.3 is 10.6 Å². The first-order chi connectivity index (χ1) is 8.24. The fourth-order valence-corrected chi connectivity index (χ4v) is 2.35. The van der Waals surface area contributed by atoms with Gasteiger partial charge in [0, 0.05) is 19.8 Å². The zero-order chi connectivity index (χ0) is 12.1. The average molecular weight is 236 g/mol. The van der Waals surface area contributed by atoms with Gasteiger partial charge in [0.25, 0.3) is 0 Å². The largest absolute Gasteiger partial charge is 0.338 e. The molecule has 1 aliphatic carbocycles. The van der Waals surface area contributed by atoms with E-state index in [1.807, 2.05) is 7.05 Å². The van der Waals surface area contributed by atoms with Crippen molar-refractivity contribution in [3.63, 3.8) is 0 Å². The second kappa shape index (κ2) is 5.70. The number of nitrogens with zero attached hydrogens (tertiary/aromatic N) is 2. The Morgan fingerprint density at radius 3 is 2.94 bits per heavy atom. The fourth-order valence-electron chi connectivity index (χ4n) is 2.35. The van der Waals surface area contributed by atoms with Crippen LogP contribution in [-0.4, -0.2) is 22.4 Å². The maximum absolute atomic E-state index is 11.5. The van der Waals surface area contributed by atoms with Crippen LogP contribution in [0.4, 0.5) is 10.5 Å². The molecule has 1 aromatic heterocycles. The first-order valence-corrected chi connectivity index (χ1v) is 6.27. The van der Waals surface area contributed by atoms with Crippen molar-refractivity contribution < 1.29 is 4.79 Å². The summed E-state index contributed by atoms with van der Waals surface area (Å²) in [6, 6.07) is -0.143. The minimum absolute atomic E-state index is 0.143. The number of hydrogen-bond acceptors (Lipinski definition) is 2. The minimum Gasteiger partial charge on any atom is -0.338 e. The van der Waals surface area contributed by atoms with E-state index >= 15 is 0 Å². The second-order valence-electron chi connectivity index (χ2n) is 4.72. The van der Waals surface area contributed by atoms with Crippen LogP contribution in [0.3, 0.4) is 0 Å². The highest BCUT2D eigenvalue weighted by molar-refractivity contribution is 5.88. The van der Waals surface area contributed by atoms with Crippen molar-refractivity contribution in [1.29, 1.82) is 0 Å². The maximum Gasteiger partial charge on any atom is 0.319 e. The molecule has 0 radical (unpaired) electrons. The van der Waals surface area contributed by atoms with Gasteiger partial charge in [0.15, 0.2) is 0 Å². The molecule has 0 aromatic carbocycles. The van der Waals surface area contributed by atoms with Gasteiger partial charge in [-0.2, -0.15) is 5.10 Å². The van der Waals surface area contributed by atoms with Crippen LogP contribution in [0.2, 0.25) is 0 Å². The maximum atomic E-state index is 11.5. The van der Waals surface area contributed by atoms with Crippen molar-refractivity contribution >= 4 is 11.7 Å². The number of aryl methyl sites for hydroxylation is 1. The summed E-state index contributed by atoms with van der Waals surface area (Å²) in [4.78, 5) is 11.5. The topological polar surface area (TPSA) is 59.0 Å². The molecule has 0 saturated heterocycles. The third kappa shape index (κ3) is 3.76. The minimum atomic E-state index is -0.143. The molecule has 1 saturated carbocycles. The predicted octanol–water partition coefficient (Wildman–Crippen LogP) is 2.12. The molecule has 1 aromatic rings. The number of carbonyl (C=O) groups is 1. The molecule has 5 heteroatoms. The van der Waals surface area contributed by atoms with E-state index in [4.69, 9.17) is 0 Å². The van der Waals surface area contributed by atoms with Crippen molar-refractivity contribution in [2.45, 2.75) is 32.1 Å². The van der Waals surface area contributed by atoms with E-state index in [0.29, 0.717) is 0 Å². The summed E-state index contributed by atoms with van der Waals surface area (Å²) in [6.07, 6.45) is 9.87. The molecule has 94 valence electrons. The van der Waals surface area contributed by atoms with E-state index in [1.165, 1.54) is 25.7 Å². The monoisotopic (exact) mass is 236 g/mol. The molecule has 5 nitrogen and oxygen atoms in total. The summed E-state index contributed by atoms with van der Waals surface area (Å²) >= 11 is 0. The standard InChI is InChI=1S/C12H20N4O/c1-16-9-11(8-14-16)15-12(17)13-7-6-10-4-2-3-5-10/h8-10H,2-7H2,1H3,(H2,13,15,17). The lowest BCUT2D eigenvalue weighted by atomic mass is 10.0. The Balaban J connectivity index is 1.63. The van der Waals surface area contributed by atoms with Gasteiger partial charge in [-0.3, -0.25) is 4.68 Å². The normalized spacial score (nSPS) is 16.1. The Labute approximate surface area is 102 Å². The number of amides is 2. The van der Waals surface area contributed by atoms with E-state index in [-0.39, 0.29) is 6.03 Å². The van der Waals surface area contributed by atoms with E-state index in [0.717, 1.165) is 24.6 Å². The number of aromatic nitrogens is 2. The molecule has 2 N–H and O–H groups in total. The Morgan fingerprint density at radius 2 is 2.29 bits per heavy atom. The first kappa shape index (κ1) is 12.0. The molecular weight excluding hydrogens is 216 g/mol. The first-order valence-electron chi connectivity index (χ1n) is 6.27. The summed E-state index contributed by atoms with van der Waals surface area (Å²) in [5.74, 6) is 0.814. The van der Waals surface area contributed by atoms with Gasteiger partial charge in [0.1, 0.15) is 0 Å². The Morgan fingerprint density at radius 1 is 1.53 bits per heavy atom. The third-order valence-corrected chi connectivity index (χ3v) is 3.28. The molecule has 2 amide bonds. The van der Waals surface area contributed by atoms with Gasteiger partial charge in [-0.15, -0.1) is 0 Å². The lowest BCUT2D eigenvalue weighted by molar-refractivity contribution is 0.251. The molecule has 0 bridgehead atoms. The lowest BCUT2D eigenvalue weighted by Gasteiger charge is -2.09. The number of nitrogens with one attached hydrogen (secondary N) is 2. The smallest absolute Gasteiger partial charge is 0.319 e. The third-order valence-electron chi connectivity index (χ3n) is 3.28. The fraction of sp³-hybridized carbons (Fsp3) is 0.667. The van der Waals surface area contributed by atoms with Crippen molar-refractivity contribution in [3.05, 3.63) is 12.4 Å². The second-order valence-corrected chi connectivity index (χ2v) is 4.72. The number of urea groups is 1. The molecule has 1 fully saturated rings. The van der Waals surface area contributed by atoms with Crippen molar-refractivity contribution in [2.24, 2.45) is 13.0 Å². The predicted molar refractivity (Wildman–Crippen MR) is 66.8 cm³/mol. The summed E-state index contributed by atoms with van der Waals surface area (Å²) in [6.45, 7) is 0.761. The molecule has 0 unspecified atom stereocenters. The Kier molecular flexibility index (Phi) is 4.01. The van der Waals surface area contributed by atoms with E-state index in [9.17, 15) is 4.79 Å². The van der Waals surface area contributed by atoms with Gasteiger partial charge in [-0.1, -0.05) is 25.7 Å². The van der Waals surface area contributed by atoms with Gasteiger partial charge in [0.2, 0.25) is 0 Å². The van der Waals surface area contributed by atoms with Gasteiger partial charge in [0.05, 0.1) is 11.9 Å². The Bertz CT molecular complexity index is 368. The van der Waals surface area contributed by atoms with Crippen molar-refractivity contribution in [1.82, 2.24) is 15.1 Å². The number of rotatable bonds is 4. The SMILES string of the molecule is Cn1cc(NC(=O)NCCC2CCCC2)cn1. The molecule has 0 aliphatic heterocycles. The van der Waals surface area contributed by atoms with E-state index in [1.54, 1.807) is 17.1 Å². The molecule has 17 heavy (non-hydrogen) atoms. The molecule has 0 spiro atoms. The molecule has 0 atom stereocenters. The highest BCUT2D eigenvalue weighted by Gasteiger charge is 2.14. The highest BCUT2D eigenvalue weighted by Crippen LogP contribution is 2.26. The Hall–Kier alpha value is -1.52. The van der Waals surface area contributed by atoms with Crippen molar-refractivity contribution in [3.8, 4) is 0 Å². The van der Waals surface area contributed by atoms with Gasteiger partial charge >= 0.3 is 6.03 Å². The van der Waals surface area contributed by atoms with Gasteiger partial charge in [-0.25, -0.2) is 4.79 Å². The average Bonchev–Trinajstić information content (AvgIpc) is 2.90. The van der Waals surface area contributed by atoms with Crippen LogP contribution in [-0.2, 0) is 7.05 Å². The highest BCUT2D eigenvalue weighted by atomic mass is 16.2. The van der Waals surface area contributed by atoms with Crippen LogP contribution in [0.1, 0.15) is 32.1 Å². The summed E-state index contributed by atoms with van der Waals surface area (Å²) in [5.41, 5.74) is 0.728. The van der Waals surface area contributed by atoms with E-state index < -0.39 is 0 Å². The van der Waals surface area contributed by atoms with Crippen LogP contribution in [0.25, 0.3) is 0 Å². The van der Waals surface area contributed by atoms with Crippen LogP contribution in [0.15, 0.2) is 12.4 Å². The summed E-state index contributed by atoms with van der Waals surface area (Å²) in [7, 11) is 1.82. The molecule has 1 heterocycles. The van der Waals surface area contributed by atoms with Crippen LogP contribution >= 0.6 is 0 Å². The van der Waals surface area contributed by atoms with Crippen molar-refractivity contribution in [2.75, 3.05) is 11.9 Å². The molecular formula is C12H20N4O. The lowest BCUT2D eigenvalue weighted by Crippen LogP contribution is -2.30.